The molecule has 2 aromatic heterocycles. The van der Waals surface area contributed by atoms with Gasteiger partial charge in [-0.2, -0.15) is 5.10 Å². The number of piperidine rings is 1. The van der Waals surface area contributed by atoms with E-state index >= 15 is 0 Å². The minimum Gasteiger partial charge on any atom is -0.334 e. The van der Waals surface area contributed by atoms with Gasteiger partial charge in [-0.05, 0) is 55.9 Å². The van der Waals surface area contributed by atoms with Crippen LogP contribution in [0.5, 0.6) is 0 Å². The highest BCUT2D eigenvalue weighted by Gasteiger charge is 2.31. The highest BCUT2D eigenvalue weighted by molar-refractivity contribution is 5.80. The smallest absolute Gasteiger partial charge is 0.227 e. The number of hydrogen-bond acceptors (Lipinski definition) is 3. The zero-order valence-electron chi connectivity index (χ0n) is 16.5. The average molecular weight is 374 g/mol. The van der Waals surface area contributed by atoms with Crippen LogP contribution < -0.4 is 0 Å². The van der Waals surface area contributed by atoms with E-state index in [1.165, 1.54) is 5.56 Å². The molecule has 0 aliphatic carbocycles. The molecular weight excluding hydrogens is 348 g/mol. The molecule has 1 fully saturated rings. The molecule has 1 N–H and O–H groups in total. The second-order valence-corrected chi connectivity index (χ2v) is 7.65. The molecule has 1 aliphatic heterocycles. The molecule has 144 valence electrons. The monoisotopic (exact) mass is 374 g/mol. The molecule has 5 nitrogen and oxygen atoms in total. The van der Waals surface area contributed by atoms with Crippen LogP contribution in [0.3, 0.4) is 0 Å². The fourth-order valence-electron chi connectivity index (χ4n) is 4.17. The Morgan fingerprint density at radius 2 is 2.07 bits per heavy atom. The molecule has 5 heteroatoms. The van der Waals surface area contributed by atoms with Crippen LogP contribution in [0, 0.1) is 13.8 Å². The predicted octanol–water partition coefficient (Wildman–Crippen LogP) is 4.38. The number of benzene rings is 1. The summed E-state index contributed by atoms with van der Waals surface area (Å²) in [5.41, 5.74) is 6.59. The maximum absolute atomic E-state index is 13.2. The minimum atomic E-state index is 0.0381. The number of nitrogens with zero attached hydrogens (tertiary/aromatic N) is 3. The second-order valence-electron chi connectivity index (χ2n) is 7.65. The lowest BCUT2D eigenvalue weighted by Gasteiger charge is -2.36. The molecule has 1 atom stereocenters. The van der Waals surface area contributed by atoms with Crippen LogP contribution in [0.25, 0.3) is 11.1 Å². The van der Waals surface area contributed by atoms with Crippen LogP contribution in [0.1, 0.15) is 47.7 Å². The molecule has 0 bridgehead atoms. The van der Waals surface area contributed by atoms with Gasteiger partial charge in [-0.3, -0.25) is 14.9 Å². The summed E-state index contributed by atoms with van der Waals surface area (Å²) in [6.07, 6.45) is 9.11. The Labute approximate surface area is 165 Å². The van der Waals surface area contributed by atoms with E-state index in [4.69, 9.17) is 0 Å². The van der Waals surface area contributed by atoms with Gasteiger partial charge in [-0.25, -0.2) is 0 Å². The number of pyridine rings is 1. The molecule has 1 amide bonds. The first-order chi connectivity index (χ1) is 13.6. The summed E-state index contributed by atoms with van der Waals surface area (Å²) in [6.45, 7) is 4.91. The van der Waals surface area contributed by atoms with Gasteiger partial charge in [-0.1, -0.05) is 29.8 Å². The van der Waals surface area contributed by atoms with Crippen molar-refractivity contribution in [3.8, 4) is 11.1 Å². The standard InChI is InChI=1S/C23H26N4O/c1-16-6-5-7-18(12-16)13-22(28)27-11-4-3-8-21(27)23-20(15-25-26-23)19-9-10-24-14-17(19)2/h5-7,9-10,12,14-15,21H,3-4,8,11,13H2,1-2H3,(H,25,26)/t21-/m1/s1. The maximum atomic E-state index is 13.2. The van der Waals surface area contributed by atoms with E-state index in [1.54, 1.807) is 6.20 Å². The van der Waals surface area contributed by atoms with Crippen LogP contribution in [-0.4, -0.2) is 32.5 Å². The lowest BCUT2D eigenvalue weighted by Crippen LogP contribution is -2.39. The first-order valence-electron chi connectivity index (χ1n) is 9.93. The van der Waals surface area contributed by atoms with Crippen molar-refractivity contribution in [2.75, 3.05) is 6.54 Å². The van der Waals surface area contributed by atoms with E-state index in [0.29, 0.717) is 6.42 Å². The van der Waals surface area contributed by atoms with E-state index in [9.17, 15) is 4.79 Å². The van der Waals surface area contributed by atoms with E-state index in [2.05, 4.69) is 41.2 Å². The predicted molar refractivity (Wildman–Crippen MR) is 110 cm³/mol. The van der Waals surface area contributed by atoms with Gasteiger partial charge in [0.25, 0.3) is 0 Å². The Hall–Kier alpha value is -2.95. The molecule has 0 saturated carbocycles. The van der Waals surface area contributed by atoms with Crippen LogP contribution in [0.2, 0.25) is 0 Å². The van der Waals surface area contributed by atoms with Crippen LogP contribution in [0.15, 0.2) is 48.9 Å². The highest BCUT2D eigenvalue weighted by atomic mass is 16.2. The van der Waals surface area contributed by atoms with Crippen molar-refractivity contribution in [3.63, 3.8) is 0 Å². The fraction of sp³-hybridized carbons (Fsp3) is 0.348. The van der Waals surface area contributed by atoms with Gasteiger partial charge in [0.1, 0.15) is 0 Å². The maximum Gasteiger partial charge on any atom is 0.227 e. The van der Waals surface area contributed by atoms with Gasteiger partial charge >= 0.3 is 0 Å². The number of aromatic amines is 1. The van der Waals surface area contributed by atoms with Crippen molar-refractivity contribution in [1.29, 1.82) is 0 Å². The van der Waals surface area contributed by atoms with Crippen molar-refractivity contribution in [3.05, 3.63) is 71.3 Å². The van der Waals surface area contributed by atoms with Crippen LogP contribution in [-0.2, 0) is 11.2 Å². The average Bonchev–Trinajstić information content (AvgIpc) is 3.18. The first-order valence-corrected chi connectivity index (χ1v) is 9.93. The summed E-state index contributed by atoms with van der Waals surface area (Å²) in [5.74, 6) is 0.183. The summed E-state index contributed by atoms with van der Waals surface area (Å²) in [7, 11) is 0. The van der Waals surface area contributed by atoms with Gasteiger partial charge in [0.2, 0.25) is 5.91 Å². The number of carbonyl (C=O) groups is 1. The Morgan fingerprint density at radius 1 is 1.18 bits per heavy atom. The van der Waals surface area contributed by atoms with Gasteiger partial charge < -0.3 is 4.90 Å². The fourth-order valence-corrected chi connectivity index (χ4v) is 4.17. The van der Waals surface area contributed by atoms with Crippen molar-refractivity contribution >= 4 is 5.91 Å². The number of hydrogen-bond donors (Lipinski definition) is 1. The van der Waals surface area contributed by atoms with E-state index in [0.717, 1.165) is 53.8 Å². The van der Waals surface area contributed by atoms with Gasteiger partial charge in [-0.15, -0.1) is 0 Å². The number of amides is 1. The summed E-state index contributed by atoms with van der Waals surface area (Å²) >= 11 is 0. The Balaban J connectivity index is 1.63. The third-order valence-electron chi connectivity index (χ3n) is 5.57. The molecule has 4 rings (SSSR count). The van der Waals surface area contributed by atoms with Crippen molar-refractivity contribution in [2.45, 2.75) is 45.6 Å². The number of likely N-dealkylation sites (tertiary alicyclic amines) is 1. The SMILES string of the molecule is Cc1cccc(CC(=O)N2CCCC[C@@H]2c2[nH]ncc2-c2ccncc2C)c1. The Kier molecular flexibility index (Phi) is 5.24. The Morgan fingerprint density at radius 3 is 2.89 bits per heavy atom. The molecule has 3 aromatic rings. The number of aryl methyl sites for hydroxylation is 2. The normalized spacial score (nSPS) is 16.9. The molecule has 28 heavy (non-hydrogen) atoms. The third-order valence-corrected chi connectivity index (χ3v) is 5.57. The second kappa shape index (κ2) is 7.97. The zero-order chi connectivity index (χ0) is 19.5. The summed E-state index contributed by atoms with van der Waals surface area (Å²) in [4.78, 5) is 19.4. The topological polar surface area (TPSA) is 61.9 Å². The van der Waals surface area contributed by atoms with E-state index in [-0.39, 0.29) is 11.9 Å². The van der Waals surface area contributed by atoms with E-state index in [1.807, 2.05) is 35.5 Å². The van der Waals surface area contributed by atoms with Crippen molar-refractivity contribution < 1.29 is 4.79 Å². The quantitative estimate of drug-likeness (QED) is 0.737. The highest BCUT2D eigenvalue weighted by Crippen LogP contribution is 2.36. The van der Waals surface area contributed by atoms with Crippen molar-refractivity contribution in [1.82, 2.24) is 20.1 Å². The number of rotatable bonds is 4. The van der Waals surface area contributed by atoms with Gasteiger partial charge in [0.05, 0.1) is 24.4 Å². The summed E-state index contributed by atoms with van der Waals surface area (Å²) in [6, 6.07) is 10.3. The minimum absolute atomic E-state index is 0.0381. The molecule has 1 aliphatic rings. The number of H-pyrrole nitrogens is 1. The molecule has 3 heterocycles. The van der Waals surface area contributed by atoms with Crippen molar-refractivity contribution in [2.24, 2.45) is 0 Å². The summed E-state index contributed by atoms with van der Waals surface area (Å²) in [5, 5.41) is 7.52. The van der Waals surface area contributed by atoms with Gasteiger partial charge in [0.15, 0.2) is 0 Å². The molecule has 0 unspecified atom stereocenters. The zero-order valence-corrected chi connectivity index (χ0v) is 16.5. The number of aromatic nitrogens is 3. The molecule has 1 aromatic carbocycles. The lowest BCUT2D eigenvalue weighted by atomic mass is 9.93. The van der Waals surface area contributed by atoms with E-state index < -0.39 is 0 Å². The Bertz CT molecular complexity index is 978. The molecular formula is C23H26N4O. The summed E-state index contributed by atoms with van der Waals surface area (Å²) < 4.78 is 0. The lowest BCUT2D eigenvalue weighted by molar-refractivity contribution is -0.134. The largest absolute Gasteiger partial charge is 0.334 e. The molecule has 0 radical (unpaired) electrons. The molecule has 0 spiro atoms. The van der Waals surface area contributed by atoms with Crippen LogP contribution >= 0.6 is 0 Å². The first kappa shape index (κ1) is 18.4. The van der Waals surface area contributed by atoms with Gasteiger partial charge in [0, 0.05) is 24.5 Å². The third kappa shape index (κ3) is 3.70. The number of nitrogens with one attached hydrogen (secondary N) is 1. The molecule has 1 saturated heterocycles. The number of carbonyl (C=O) groups excluding carboxylic acids is 1. The van der Waals surface area contributed by atoms with Crippen LogP contribution in [0.4, 0.5) is 0 Å².